The number of rotatable bonds is 9. The highest BCUT2D eigenvalue weighted by atomic mass is 32.2. The molecule has 15 heteroatoms. The first kappa shape index (κ1) is 26.1. The topological polar surface area (TPSA) is 191 Å². The Hall–Kier alpha value is -2.98. The van der Waals surface area contributed by atoms with E-state index in [-0.39, 0.29) is 22.2 Å². The number of aromatic nitrogens is 1. The molecular formula is C21H26N6O7S2. The van der Waals surface area contributed by atoms with Crippen LogP contribution in [0.25, 0.3) is 0 Å². The van der Waals surface area contributed by atoms with Gasteiger partial charge in [0.05, 0.1) is 12.2 Å². The molecule has 2 amide bonds. The van der Waals surface area contributed by atoms with Crippen molar-refractivity contribution in [1.82, 2.24) is 20.1 Å². The van der Waals surface area contributed by atoms with E-state index in [9.17, 15) is 29.7 Å². The van der Waals surface area contributed by atoms with Crippen LogP contribution in [0.4, 0.5) is 5.13 Å². The Balaban J connectivity index is 1.41. The number of likely N-dealkylation sites (tertiary alicyclic amines) is 1. The summed E-state index contributed by atoms with van der Waals surface area (Å²) < 4.78 is 0. The molecule has 0 bridgehead atoms. The summed E-state index contributed by atoms with van der Waals surface area (Å²) in [5, 5.41) is 36.6. The van der Waals surface area contributed by atoms with Crippen molar-refractivity contribution in [3.05, 3.63) is 34.5 Å². The zero-order chi connectivity index (χ0) is 26.0. The first-order chi connectivity index (χ1) is 17.2. The van der Waals surface area contributed by atoms with Crippen LogP contribution < -0.4 is 11.1 Å². The third-order valence-corrected chi connectivity index (χ3v) is 7.89. The van der Waals surface area contributed by atoms with Crippen LogP contribution in [-0.4, -0.2) is 110 Å². The lowest BCUT2D eigenvalue weighted by atomic mass is 10.0. The predicted octanol–water partition coefficient (Wildman–Crippen LogP) is -1.20. The summed E-state index contributed by atoms with van der Waals surface area (Å²) in [6.07, 6.45) is 2.56. The van der Waals surface area contributed by atoms with E-state index in [0.29, 0.717) is 37.4 Å². The number of oxime groups is 1. The lowest BCUT2D eigenvalue weighted by molar-refractivity contribution is -0.150. The van der Waals surface area contributed by atoms with E-state index in [1.54, 1.807) is 6.08 Å². The van der Waals surface area contributed by atoms with Crippen LogP contribution in [0.1, 0.15) is 12.1 Å². The van der Waals surface area contributed by atoms with Gasteiger partial charge in [0.2, 0.25) is 0 Å². The van der Waals surface area contributed by atoms with Crippen molar-refractivity contribution >= 4 is 51.7 Å². The van der Waals surface area contributed by atoms with Crippen LogP contribution in [0.15, 0.2) is 34.0 Å². The molecule has 36 heavy (non-hydrogen) atoms. The molecule has 194 valence electrons. The highest BCUT2D eigenvalue weighted by Crippen LogP contribution is 2.40. The van der Waals surface area contributed by atoms with Gasteiger partial charge in [0.1, 0.15) is 29.9 Å². The minimum atomic E-state index is -1.23. The number of carbonyl (C=O) groups excluding carboxylic acids is 2. The molecule has 4 atom stereocenters. The van der Waals surface area contributed by atoms with Crippen LogP contribution in [0, 0.1) is 0 Å². The van der Waals surface area contributed by atoms with E-state index < -0.39 is 41.4 Å². The zero-order valence-electron chi connectivity index (χ0n) is 19.2. The number of anilines is 1. The number of allylic oxidation sites excluding steroid dienone is 1. The number of aliphatic hydroxyl groups is 2. The number of hydrogen-bond acceptors (Lipinski definition) is 12. The van der Waals surface area contributed by atoms with Gasteiger partial charge in [-0.15, -0.1) is 23.1 Å². The molecule has 0 aliphatic carbocycles. The van der Waals surface area contributed by atoms with Crippen molar-refractivity contribution < 1.29 is 34.5 Å². The van der Waals surface area contributed by atoms with Crippen molar-refractivity contribution in [2.45, 2.75) is 30.0 Å². The number of nitrogens with two attached hydrogens (primary N) is 1. The molecule has 1 aromatic rings. The SMILES string of the molecule is CO/N=C(\C(=O)N[C@@H]1C(=O)N2C(C(=O)O)=C(/C=C/CCN3C[C@@H](O)[C@@H](O)C3)CS[C@H]12)c1csc(N)n1. The van der Waals surface area contributed by atoms with E-state index in [0.717, 1.165) is 11.3 Å². The average Bonchev–Trinajstić information content (AvgIpc) is 3.41. The first-order valence-corrected chi connectivity index (χ1v) is 12.9. The molecule has 0 unspecified atom stereocenters. The summed E-state index contributed by atoms with van der Waals surface area (Å²) in [6.45, 7) is 1.37. The smallest absolute Gasteiger partial charge is 0.352 e. The Kier molecular flexibility index (Phi) is 7.94. The number of amides is 2. The Morgan fingerprint density at radius 2 is 2.08 bits per heavy atom. The normalized spacial score (nSPS) is 26.8. The molecule has 2 saturated heterocycles. The molecule has 0 spiro atoms. The Morgan fingerprint density at radius 3 is 2.69 bits per heavy atom. The third-order valence-electron chi connectivity index (χ3n) is 5.91. The van der Waals surface area contributed by atoms with Crippen LogP contribution in [0.5, 0.6) is 0 Å². The van der Waals surface area contributed by atoms with E-state index in [2.05, 4.69) is 15.5 Å². The maximum Gasteiger partial charge on any atom is 0.352 e. The van der Waals surface area contributed by atoms with Gasteiger partial charge in [-0.2, -0.15) is 0 Å². The third kappa shape index (κ3) is 5.24. The molecule has 0 saturated carbocycles. The number of carbonyl (C=O) groups is 3. The van der Waals surface area contributed by atoms with Crippen molar-refractivity contribution in [1.29, 1.82) is 0 Å². The highest BCUT2D eigenvalue weighted by Gasteiger charge is 2.54. The van der Waals surface area contributed by atoms with E-state index in [4.69, 9.17) is 10.6 Å². The standard InChI is InChI=1S/C21H26N6O7S2/c1-34-25-14(11-9-36-21(22)23-11)17(30)24-15-18(31)27-16(20(32)33)10(8-35-19(15)27)4-2-3-5-26-6-12(28)13(29)7-26/h2,4,9,12-13,15,19,28-29H,3,5-8H2,1H3,(H2,22,23)(H,24,30)(H,32,33)/b4-2+,25-14-/t12-,13+,15-,19-/m1/s1. The number of nitrogens with zero attached hydrogens (tertiary/aromatic N) is 4. The van der Waals surface area contributed by atoms with Gasteiger partial charge in [-0.05, 0) is 12.0 Å². The number of thioether (sulfide) groups is 1. The molecule has 4 heterocycles. The predicted molar refractivity (Wildman–Crippen MR) is 132 cm³/mol. The Labute approximate surface area is 214 Å². The summed E-state index contributed by atoms with van der Waals surface area (Å²) in [5.41, 5.74) is 6.06. The van der Waals surface area contributed by atoms with E-state index in [1.165, 1.54) is 29.2 Å². The van der Waals surface area contributed by atoms with Crippen molar-refractivity contribution in [2.75, 3.05) is 38.2 Å². The van der Waals surface area contributed by atoms with Gasteiger partial charge in [0.15, 0.2) is 10.8 Å². The number of carboxylic acid groups (broad SMARTS) is 1. The fraction of sp³-hybridized carbons (Fsp3) is 0.476. The van der Waals surface area contributed by atoms with Gasteiger partial charge < -0.3 is 31.2 Å². The number of β-lactam (4-membered cyclic amide) rings is 1. The number of carboxylic acids is 1. The molecule has 4 rings (SSSR count). The van der Waals surface area contributed by atoms with E-state index >= 15 is 0 Å². The van der Waals surface area contributed by atoms with Crippen LogP contribution in [0.2, 0.25) is 0 Å². The molecule has 3 aliphatic heterocycles. The summed E-state index contributed by atoms with van der Waals surface area (Å²) in [5.74, 6) is -2.13. The van der Waals surface area contributed by atoms with Gasteiger partial charge in [-0.3, -0.25) is 19.4 Å². The summed E-state index contributed by atoms with van der Waals surface area (Å²) in [6, 6.07) is -0.937. The molecule has 0 aromatic carbocycles. The monoisotopic (exact) mass is 538 g/mol. The van der Waals surface area contributed by atoms with Crippen LogP contribution in [-0.2, 0) is 19.2 Å². The zero-order valence-corrected chi connectivity index (χ0v) is 20.9. The largest absolute Gasteiger partial charge is 0.477 e. The highest BCUT2D eigenvalue weighted by molar-refractivity contribution is 8.00. The second kappa shape index (κ2) is 11.0. The first-order valence-electron chi connectivity index (χ1n) is 11.0. The molecule has 3 aliphatic rings. The van der Waals surface area contributed by atoms with Crippen LogP contribution >= 0.6 is 23.1 Å². The molecule has 0 radical (unpaired) electrons. The number of nitrogens with one attached hydrogen (secondary N) is 1. The number of aliphatic hydroxyl groups excluding tert-OH is 2. The fourth-order valence-corrected chi connectivity index (χ4v) is 6.05. The molecule has 13 nitrogen and oxygen atoms in total. The van der Waals surface area contributed by atoms with Gasteiger partial charge in [0, 0.05) is 30.8 Å². The van der Waals surface area contributed by atoms with E-state index in [1.807, 2.05) is 11.0 Å². The molecule has 2 fully saturated rings. The van der Waals surface area contributed by atoms with Gasteiger partial charge >= 0.3 is 5.97 Å². The summed E-state index contributed by atoms with van der Waals surface area (Å²) >= 11 is 2.46. The summed E-state index contributed by atoms with van der Waals surface area (Å²) in [7, 11) is 1.27. The Bertz CT molecular complexity index is 1130. The maximum atomic E-state index is 12.9. The number of thiazole rings is 1. The second-order valence-corrected chi connectivity index (χ2v) is 10.3. The van der Waals surface area contributed by atoms with Crippen molar-refractivity contribution in [2.24, 2.45) is 5.16 Å². The van der Waals surface area contributed by atoms with Gasteiger partial charge in [0.25, 0.3) is 11.8 Å². The number of aliphatic carboxylic acids is 1. The Morgan fingerprint density at radius 1 is 1.36 bits per heavy atom. The average molecular weight is 539 g/mol. The quantitative estimate of drug-likeness (QED) is 0.144. The lowest BCUT2D eigenvalue weighted by Crippen LogP contribution is -2.71. The minimum Gasteiger partial charge on any atom is -0.477 e. The number of fused-ring (bicyclic) bond motifs is 1. The van der Waals surface area contributed by atoms with Crippen LogP contribution in [0.3, 0.4) is 0 Å². The van der Waals surface area contributed by atoms with Crippen molar-refractivity contribution in [3.8, 4) is 0 Å². The minimum absolute atomic E-state index is 0.115. The fourth-order valence-electron chi connectivity index (χ4n) is 4.19. The van der Waals surface area contributed by atoms with Gasteiger partial charge in [-0.25, -0.2) is 9.78 Å². The molecule has 6 N–H and O–H groups in total. The number of β-amino-alcohol motifs (C(OH)–C–C–N with tert-alkyl or cyclic N) is 2. The second-order valence-electron chi connectivity index (χ2n) is 8.32. The molecule has 1 aromatic heterocycles. The number of nitrogen functional groups attached to an aromatic ring is 1. The summed E-state index contributed by atoms with van der Waals surface area (Å²) in [4.78, 5) is 49.6. The molecular weight excluding hydrogens is 512 g/mol. The lowest BCUT2D eigenvalue weighted by Gasteiger charge is -2.49. The number of hydrogen-bond donors (Lipinski definition) is 5. The maximum absolute atomic E-state index is 12.9. The van der Waals surface area contributed by atoms with Crippen molar-refractivity contribution in [3.63, 3.8) is 0 Å². The van der Waals surface area contributed by atoms with Gasteiger partial charge in [-0.1, -0.05) is 17.3 Å².